The number of likely N-dealkylation sites (tertiary alicyclic amines) is 1. The summed E-state index contributed by atoms with van der Waals surface area (Å²) >= 11 is 0. The van der Waals surface area contributed by atoms with Crippen molar-refractivity contribution in [3.63, 3.8) is 0 Å². The second kappa shape index (κ2) is 7.30. The van der Waals surface area contributed by atoms with Crippen LogP contribution in [0.2, 0.25) is 1.41 Å². The Hall–Kier alpha value is -1.32. The Morgan fingerprint density at radius 3 is 3.00 bits per heavy atom. The molecule has 1 aromatic rings. The van der Waals surface area contributed by atoms with Crippen molar-refractivity contribution in [3.8, 4) is 5.75 Å². The fraction of sp³-hybridized carbons (Fsp3) is 0.579. The lowest BCUT2D eigenvalue weighted by Gasteiger charge is -2.34. The number of piperidine rings is 1. The van der Waals surface area contributed by atoms with Crippen molar-refractivity contribution in [2.45, 2.75) is 45.1 Å². The first-order chi connectivity index (χ1) is 17.1. The maximum absolute atomic E-state index is 8.70. The summed E-state index contributed by atoms with van der Waals surface area (Å²) in [5, 5.41) is 0.378. The summed E-state index contributed by atoms with van der Waals surface area (Å²) in [4.78, 5) is 0.894. The highest BCUT2D eigenvalue weighted by molar-refractivity contribution is 5.67. The highest BCUT2D eigenvalue weighted by Gasteiger charge is 2.21. The minimum absolute atomic E-state index is 0.378. The molecule has 0 amide bonds. The molecule has 22 heavy (non-hydrogen) atoms. The Labute approximate surface area is 156 Å². The van der Waals surface area contributed by atoms with Crippen LogP contribution < -0.4 is 10.0 Å². The molecule has 2 heterocycles. The van der Waals surface area contributed by atoms with Gasteiger partial charge in [0, 0.05) is 37.9 Å². The zero-order valence-electron chi connectivity index (χ0n) is 28.3. The molecule has 3 rings (SSSR count). The Kier molecular flexibility index (Phi) is 1.78. The lowest BCUT2D eigenvalue weighted by molar-refractivity contribution is 0.0843. The van der Waals surface area contributed by atoms with Crippen molar-refractivity contribution in [2.75, 3.05) is 26.1 Å². The first kappa shape index (κ1) is 5.35. The number of benzene rings is 1. The van der Waals surface area contributed by atoms with E-state index in [4.69, 9.17) is 26.7 Å². The predicted molar refractivity (Wildman–Crippen MR) is 92.3 cm³/mol. The molecule has 1 fully saturated rings. The number of rotatable bonds is 4. The normalized spacial score (nSPS) is 55.5. The molecule has 1 N–H and O–H groups in total. The third-order valence-electron chi connectivity index (χ3n) is 3.04. The monoisotopic (exact) mass is 316 g/mol. The van der Waals surface area contributed by atoms with Gasteiger partial charge >= 0.3 is 0 Å². The average molecular weight is 317 g/mol. The van der Waals surface area contributed by atoms with Gasteiger partial charge in [0.1, 0.15) is 13.2 Å². The van der Waals surface area contributed by atoms with Crippen molar-refractivity contribution < 1.29 is 26.7 Å². The second-order valence-corrected chi connectivity index (χ2v) is 4.92. The maximum Gasteiger partial charge on any atom is 0.123 e. The van der Waals surface area contributed by atoms with E-state index in [0.717, 1.165) is 4.90 Å². The van der Waals surface area contributed by atoms with Crippen molar-refractivity contribution in [2.24, 2.45) is 0 Å². The minimum Gasteiger partial charge on any atom is -0.490 e. The maximum atomic E-state index is 8.70. The van der Waals surface area contributed by atoms with Crippen LogP contribution in [0.4, 0.5) is 0 Å². The topological polar surface area (TPSA) is 24.5 Å². The standard InChI is InChI=1S/C19H28N2O/c1-15(2)21-13-9-19(10-14-21)22-18-5-3-16(4-6-18)17-7-11-20-12-8-17/h3-7,15,19-20H,8-14H2,1-2H3/i3D,4D,5D,6D,7D,8D,9D2,10D2,11D,12D,13D2,19D/hD. The number of hydrogen-bond donors (Lipinski definition) is 1. The zero-order chi connectivity index (χ0) is 29.5. The molecule has 0 aromatic heterocycles. The van der Waals surface area contributed by atoms with Gasteiger partial charge in [-0.05, 0) is 62.7 Å². The van der Waals surface area contributed by atoms with E-state index >= 15 is 0 Å². The van der Waals surface area contributed by atoms with Gasteiger partial charge in [0.15, 0.2) is 0 Å². The molecule has 120 valence electrons. The highest BCUT2D eigenvalue weighted by atomic mass is 16.5. The summed E-state index contributed by atoms with van der Waals surface area (Å²) in [7, 11) is 0. The lowest BCUT2D eigenvalue weighted by Crippen LogP contribution is -2.41. The SMILES string of the molecule is [2H]C1=C(c2c([2H])c([2H])c(OC3([2H])C([2H])([2H])CN(C(C)C)C([2H])([2H])C3([2H])[2H])c([2H])c2[2H])C([2H])C([2H])N([2H])C1[2H]. The van der Waals surface area contributed by atoms with Crippen LogP contribution in [-0.4, -0.2) is 43.1 Å². The fourth-order valence-corrected chi connectivity index (χ4v) is 1.80. The molecule has 3 heteroatoms. The van der Waals surface area contributed by atoms with E-state index in [1.165, 1.54) is 13.8 Å². The molecule has 1 saturated heterocycles. The van der Waals surface area contributed by atoms with E-state index in [-0.39, 0.29) is 0 Å². The average Bonchev–Trinajstić information content (AvgIpc) is 2.82. The smallest absolute Gasteiger partial charge is 0.123 e. The molecule has 0 spiro atoms. The Morgan fingerprint density at radius 2 is 2.23 bits per heavy atom. The van der Waals surface area contributed by atoms with Crippen LogP contribution in [0.5, 0.6) is 5.75 Å². The summed E-state index contributed by atoms with van der Waals surface area (Å²) < 4.78 is 138. The molecule has 4 atom stereocenters. The van der Waals surface area contributed by atoms with Crippen LogP contribution in [0, 0.1) is 0 Å². The van der Waals surface area contributed by atoms with Crippen molar-refractivity contribution in [1.29, 1.82) is 0 Å². The van der Waals surface area contributed by atoms with Crippen LogP contribution in [0.3, 0.4) is 0 Å². The van der Waals surface area contributed by atoms with Gasteiger partial charge in [-0.15, -0.1) is 0 Å². The Bertz CT molecular complexity index is 1130. The molecule has 0 radical (unpaired) electrons. The quantitative estimate of drug-likeness (QED) is 0.922. The Balaban J connectivity index is 2.23. The summed E-state index contributed by atoms with van der Waals surface area (Å²) in [6, 6.07) is -5.16. The van der Waals surface area contributed by atoms with E-state index in [9.17, 15) is 0 Å². The highest BCUT2D eigenvalue weighted by Crippen LogP contribution is 2.24. The summed E-state index contributed by atoms with van der Waals surface area (Å²) in [6.45, 7) is -4.10. The minimum atomic E-state index is -3.39. The van der Waals surface area contributed by atoms with E-state index in [1.54, 1.807) is 0 Å². The van der Waals surface area contributed by atoms with Crippen LogP contribution in [0.25, 0.3) is 5.57 Å². The number of nitrogens with zero attached hydrogens (tertiary/aromatic N) is 1. The summed E-state index contributed by atoms with van der Waals surface area (Å²) in [5.41, 5.74) is -1.08. The van der Waals surface area contributed by atoms with Crippen LogP contribution in [-0.2, 0) is 0 Å². The number of nitrogens with one attached hydrogen (secondary N) is 1. The van der Waals surface area contributed by atoms with E-state index in [0.29, 0.717) is 5.31 Å². The van der Waals surface area contributed by atoms with E-state index in [1.807, 2.05) is 0 Å². The van der Waals surface area contributed by atoms with Crippen LogP contribution in [0.1, 0.15) is 59.1 Å². The Morgan fingerprint density at radius 1 is 1.41 bits per heavy atom. The first-order valence-corrected chi connectivity index (χ1v) is 6.89. The van der Waals surface area contributed by atoms with Gasteiger partial charge in [-0.2, -0.15) is 0 Å². The lowest BCUT2D eigenvalue weighted by atomic mass is 10.0. The fourth-order valence-electron chi connectivity index (χ4n) is 1.80. The second-order valence-electron chi connectivity index (χ2n) is 4.92. The molecular weight excluding hydrogens is 272 g/mol. The summed E-state index contributed by atoms with van der Waals surface area (Å²) in [6.07, 6.45) is -11.4. The van der Waals surface area contributed by atoms with Gasteiger partial charge in [-0.1, -0.05) is 18.1 Å². The molecule has 0 aliphatic carbocycles. The van der Waals surface area contributed by atoms with Gasteiger partial charge in [0.25, 0.3) is 0 Å². The first-order valence-electron chi connectivity index (χ1n) is 15.1. The summed E-state index contributed by atoms with van der Waals surface area (Å²) in [5.74, 6) is -1.03. The van der Waals surface area contributed by atoms with Gasteiger partial charge < -0.3 is 14.9 Å². The van der Waals surface area contributed by atoms with Crippen LogP contribution >= 0.6 is 0 Å². The van der Waals surface area contributed by atoms with Gasteiger partial charge in [-0.25, -0.2) is 0 Å². The molecule has 0 bridgehead atoms. The van der Waals surface area contributed by atoms with Crippen LogP contribution in [0.15, 0.2) is 30.2 Å². The largest absolute Gasteiger partial charge is 0.490 e. The molecule has 0 saturated carbocycles. The number of ether oxygens (including phenoxy) is 1. The molecule has 4 unspecified atom stereocenters. The van der Waals surface area contributed by atoms with E-state index < -0.39 is 104 Å². The van der Waals surface area contributed by atoms with Crippen molar-refractivity contribution >= 4 is 5.57 Å². The molecular formula is C19H28N2O. The molecule has 1 aromatic carbocycles. The van der Waals surface area contributed by atoms with Gasteiger partial charge in [-0.3, -0.25) is 0 Å². The molecule has 2 aliphatic heterocycles. The molecule has 2 aliphatic rings. The van der Waals surface area contributed by atoms with Gasteiger partial charge in [0.05, 0.1) is 8.22 Å². The zero-order valence-corrected chi connectivity index (χ0v) is 12.3. The molecule has 3 nitrogen and oxygen atoms in total. The third-order valence-corrected chi connectivity index (χ3v) is 3.04. The van der Waals surface area contributed by atoms with Crippen molar-refractivity contribution in [1.82, 2.24) is 10.2 Å². The van der Waals surface area contributed by atoms with Gasteiger partial charge in [0.2, 0.25) is 0 Å². The van der Waals surface area contributed by atoms with Crippen molar-refractivity contribution in [3.05, 3.63) is 35.8 Å². The predicted octanol–water partition coefficient (Wildman–Crippen LogP) is 3.31. The van der Waals surface area contributed by atoms with E-state index in [2.05, 4.69) is 0 Å². The number of hydrogen-bond acceptors (Lipinski definition) is 3. The third kappa shape index (κ3) is 3.90.